The molecule has 3 rings (SSSR count). The summed E-state index contributed by atoms with van der Waals surface area (Å²) in [5, 5.41) is 0.954. The third-order valence-corrected chi connectivity index (χ3v) is 5.86. The predicted molar refractivity (Wildman–Crippen MR) is 118 cm³/mol. The van der Waals surface area contributed by atoms with Gasteiger partial charge in [-0.25, -0.2) is 0 Å². The zero-order chi connectivity index (χ0) is 21.1. The second-order valence-corrected chi connectivity index (χ2v) is 8.27. The van der Waals surface area contributed by atoms with Gasteiger partial charge in [0.2, 0.25) is 11.8 Å². The van der Waals surface area contributed by atoms with Gasteiger partial charge in [-0.3, -0.25) is 9.59 Å². The van der Waals surface area contributed by atoms with Crippen LogP contribution in [0.1, 0.15) is 49.9 Å². The van der Waals surface area contributed by atoms with Crippen LogP contribution in [0.25, 0.3) is 6.08 Å². The number of hydrogen-bond acceptors (Lipinski definition) is 2. The number of amides is 2. The molecule has 2 aromatic rings. The van der Waals surface area contributed by atoms with Gasteiger partial charge in [0.1, 0.15) is 0 Å². The molecule has 1 unspecified atom stereocenters. The second-order valence-electron chi connectivity index (χ2n) is 7.45. The van der Waals surface area contributed by atoms with Crippen LogP contribution in [-0.2, 0) is 16.1 Å². The highest BCUT2D eigenvalue weighted by Gasteiger charge is 2.30. The molecule has 1 atom stereocenters. The first kappa shape index (κ1) is 21.4. The van der Waals surface area contributed by atoms with Crippen LogP contribution in [0.2, 0.25) is 10.0 Å². The minimum atomic E-state index is -0.323. The topological polar surface area (TPSA) is 40.6 Å². The smallest absolute Gasteiger partial charge is 0.225 e. The average Bonchev–Trinajstić information content (AvgIpc) is 2.68. The molecule has 0 saturated carbocycles. The van der Waals surface area contributed by atoms with E-state index in [-0.39, 0.29) is 30.3 Å². The van der Waals surface area contributed by atoms with E-state index in [0.717, 1.165) is 16.7 Å². The lowest BCUT2D eigenvalue weighted by atomic mass is 9.93. The van der Waals surface area contributed by atoms with Crippen molar-refractivity contribution in [1.82, 2.24) is 9.80 Å². The van der Waals surface area contributed by atoms with Gasteiger partial charge in [-0.05, 0) is 48.7 Å². The Kier molecular flexibility index (Phi) is 6.66. The molecule has 0 bridgehead atoms. The van der Waals surface area contributed by atoms with E-state index in [1.54, 1.807) is 28.1 Å². The minimum absolute atomic E-state index is 0.00268. The fraction of sp³-hybridized carbons (Fsp3) is 0.304. The van der Waals surface area contributed by atoms with Crippen molar-refractivity contribution < 1.29 is 9.59 Å². The molecule has 2 amide bonds. The van der Waals surface area contributed by atoms with E-state index >= 15 is 0 Å². The standard InChI is InChI=1S/C23H24Cl2N2O2/c1-15(2)27(14-17-8-9-20(24)21(25)12-17)23(29)13-22-19-7-5-4-6-18(19)10-11-26(22)16(3)28/h4-12,15,22H,13-14H2,1-3H3. The molecule has 0 aromatic heterocycles. The molecule has 4 nitrogen and oxygen atoms in total. The molecule has 0 N–H and O–H groups in total. The molecule has 0 aliphatic carbocycles. The Hall–Kier alpha value is -2.30. The van der Waals surface area contributed by atoms with Crippen molar-refractivity contribution in [3.8, 4) is 0 Å². The second kappa shape index (κ2) is 9.02. The molecule has 152 valence electrons. The van der Waals surface area contributed by atoms with Crippen molar-refractivity contribution in [3.05, 3.63) is 75.4 Å². The molecular formula is C23H24Cl2N2O2. The molecule has 6 heteroatoms. The molecule has 29 heavy (non-hydrogen) atoms. The first-order valence-electron chi connectivity index (χ1n) is 9.57. The number of halogens is 2. The summed E-state index contributed by atoms with van der Waals surface area (Å²) in [5.41, 5.74) is 2.92. The maximum Gasteiger partial charge on any atom is 0.225 e. The first-order chi connectivity index (χ1) is 13.8. The Bertz CT molecular complexity index is 956. The summed E-state index contributed by atoms with van der Waals surface area (Å²) in [7, 11) is 0. The zero-order valence-electron chi connectivity index (χ0n) is 16.7. The summed E-state index contributed by atoms with van der Waals surface area (Å²) in [6.45, 7) is 5.91. The lowest BCUT2D eigenvalue weighted by molar-refractivity contribution is -0.136. The van der Waals surface area contributed by atoms with Crippen molar-refractivity contribution in [2.45, 2.75) is 45.8 Å². The lowest BCUT2D eigenvalue weighted by Gasteiger charge is -2.35. The van der Waals surface area contributed by atoms with Crippen LogP contribution in [0.15, 0.2) is 48.7 Å². The highest BCUT2D eigenvalue weighted by Crippen LogP contribution is 2.34. The number of benzene rings is 2. The van der Waals surface area contributed by atoms with E-state index in [9.17, 15) is 9.59 Å². The van der Waals surface area contributed by atoms with Crippen LogP contribution >= 0.6 is 23.2 Å². The van der Waals surface area contributed by atoms with Gasteiger partial charge in [0.05, 0.1) is 22.5 Å². The fourth-order valence-electron chi connectivity index (χ4n) is 3.59. The van der Waals surface area contributed by atoms with Crippen LogP contribution in [0.5, 0.6) is 0 Å². The van der Waals surface area contributed by atoms with Gasteiger partial charge in [-0.2, -0.15) is 0 Å². The highest BCUT2D eigenvalue weighted by molar-refractivity contribution is 6.42. The summed E-state index contributed by atoms with van der Waals surface area (Å²) < 4.78 is 0. The van der Waals surface area contributed by atoms with E-state index in [4.69, 9.17) is 23.2 Å². The van der Waals surface area contributed by atoms with E-state index in [2.05, 4.69) is 0 Å². The van der Waals surface area contributed by atoms with Crippen molar-refractivity contribution in [3.63, 3.8) is 0 Å². The number of nitrogens with zero attached hydrogens (tertiary/aromatic N) is 2. The lowest BCUT2D eigenvalue weighted by Crippen LogP contribution is -2.40. The molecular weight excluding hydrogens is 407 g/mol. The number of carbonyl (C=O) groups is 2. The van der Waals surface area contributed by atoms with E-state index in [0.29, 0.717) is 16.6 Å². The molecule has 0 spiro atoms. The van der Waals surface area contributed by atoms with Crippen LogP contribution in [-0.4, -0.2) is 27.7 Å². The summed E-state index contributed by atoms with van der Waals surface area (Å²) in [6.07, 6.45) is 3.88. The van der Waals surface area contributed by atoms with Gasteiger partial charge < -0.3 is 9.80 Å². The van der Waals surface area contributed by atoms with Crippen LogP contribution in [0, 0.1) is 0 Å². The maximum absolute atomic E-state index is 13.3. The maximum atomic E-state index is 13.3. The Labute approximate surface area is 181 Å². The first-order valence-corrected chi connectivity index (χ1v) is 10.3. The molecule has 1 heterocycles. The third kappa shape index (κ3) is 4.82. The van der Waals surface area contributed by atoms with E-state index < -0.39 is 0 Å². The quantitative estimate of drug-likeness (QED) is 0.610. The molecule has 1 aliphatic rings. The van der Waals surface area contributed by atoms with Gasteiger partial charge in [0, 0.05) is 25.7 Å². The molecule has 0 fully saturated rings. The van der Waals surface area contributed by atoms with Gasteiger partial charge in [0.25, 0.3) is 0 Å². The molecule has 0 radical (unpaired) electrons. The Balaban J connectivity index is 1.85. The van der Waals surface area contributed by atoms with Crippen LogP contribution < -0.4 is 0 Å². The monoisotopic (exact) mass is 430 g/mol. The van der Waals surface area contributed by atoms with Crippen molar-refractivity contribution in [1.29, 1.82) is 0 Å². The number of rotatable bonds is 5. The van der Waals surface area contributed by atoms with Gasteiger partial charge in [-0.15, -0.1) is 0 Å². The van der Waals surface area contributed by atoms with Crippen molar-refractivity contribution in [2.24, 2.45) is 0 Å². The molecule has 0 saturated heterocycles. The summed E-state index contributed by atoms with van der Waals surface area (Å²) in [6, 6.07) is 12.9. The Morgan fingerprint density at radius 2 is 1.83 bits per heavy atom. The van der Waals surface area contributed by atoms with Crippen LogP contribution in [0.3, 0.4) is 0 Å². The largest absolute Gasteiger partial charge is 0.336 e. The van der Waals surface area contributed by atoms with E-state index in [1.165, 1.54) is 6.92 Å². The zero-order valence-corrected chi connectivity index (χ0v) is 18.2. The van der Waals surface area contributed by atoms with Crippen molar-refractivity contribution in [2.75, 3.05) is 0 Å². The summed E-state index contributed by atoms with van der Waals surface area (Å²) in [5.74, 6) is -0.110. The number of hydrogen-bond donors (Lipinski definition) is 0. The Morgan fingerprint density at radius 1 is 1.10 bits per heavy atom. The van der Waals surface area contributed by atoms with Crippen molar-refractivity contribution >= 4 is 41.1 Å². The normalized spacial score (nSPS) is 15.4. The summed E-state index contributed by atoms with van der Waals surface area (Å²) >= 11 is 12.1. The van der Waals surface area contributed by atoms with Gasteiger partial charge in [-0.1, -0.05) is 53.5 Å². The van der Waals surface area contributed by atoms with Gasteiger partial charge >= 0.3 is 0 Å². The minimum Gasteiger partial charge on any atom is -0.336 e. The third-order valence-electron chi connectivity index (χ3n) is 5.12. The average molecular weight is 431 g/mol. The number of fused-ring (bicyclic) bond motifs is 1. The molecule has 2 aromatic carbocycles. The van der Waals surface area contributed by atoms with Gasteiger partial charge in [0.15, 0.2) is 0 Å². The predicted octanol–water partition coefficient (Wildman–Crippen LogP) is 5.69. The molecule has 1 aliphatic heterocycles. The SMILES string of the molecule is CC(=O)N1C=Cc2ccccc2C1CC(=O)N(Cc1ccc(Cl)c(Cl)c1)C(C)C. The number of carbonyl (C=O) groups excluding carboxylic acids is 2. The Morgan fingerprint density at radius 3 is 2.48 bits per heavy atom. The highest BCUT2D eigenvalue weighted by atomic mass is 35.5. The summed E-state index contributed by atoms with van der Waals surface area (Å²) in [4.78, 5) is 28.9. The van der Waals surface area contributed by atoms with E-state index in [1.807, 2.05) is 50.3 Å². The fourth-order valence-corrected chi connectivity index (χ4v) is 3.91. The van der Waals surface area contributed by atoms with Crippen LogP contribution in [0.4, 0.5) is 0 Å².